The number of benzene rings is 1. The van der Waals surface area contributed by atoms with Gasteiger partial charge in [0.2, 0.25) is 0 Å². The summed E-state index contributed by atoms with van der Waals surface area (Å²) in [5, 5.41) is 20.0. The first kappa shape index (κ1) is 14.2. The summed E-state index contributed by atoms with van der Waals surface area (Å²) in [6.45, 7) is 5.97. The second kappa shape index (κ2) is 5.64. The van der Waals surface area contributed by atoms with Crippen LogP contribution in [0.15, 0.2) is 23.4 Å². The predicted molar refractivity (Wildman–Crippen MR) is 67.2 cm³/mol. The van der Waals surface area contributed by atoms with E-state index in [0.29, 0.717) is 11.1 Å². The van der Waals surface area contributed by atoms with Crippen molar-refractivity contribution in [2.75, 3.05) is 0 Å². The van der Waals surface area contributed by atoms with E-state index in [0.717, 1.165) is 12.0 Å². The quantitative estimate of drug-likeness (QED) is 0.373. The number of hydrogen-bond acceptors (Lipinski definition) is 5. The van der Waals surface area contributed by atoms with Crippen LogP contribution in [0.25, 0.3) is 0 Å². The lowest BCUT2D eigenvalue weighted by Crippen LogP contribution is -2.21. The SMILES string of the molecule is CCC(C)(C)c1cc(C=NO)ccc1C(=O)OO. The molecule has 0 radical (unpaired) electrons. The van der Waals surface area contributed by atoms with E-state index in [-0.39, 0.29) is 5.41 Å². The summed E-state index contributed by atoms with van der Waals surface area (Å²) >= 11 is 0. The maximum atomic E-state index is 11.5. The maximum Gasteiger partial charge on any atom is 0.373 e. The number of carbonyl (C=O) groups excluding carboxylic acids is 1. The summed E-state index contributed by atoms with van der Waals surface area (Å²) < 4.78 is 0. The van der Waals surface area contributed by atoms with Crippen LogP contribution in [0.1, 0.15) is 48.7 Å². The summed E-state index contributed by atoms with van der Waals surface area (Å²) in [6.07, 6.45) is 2.09. The van der Waals surface area contributed by atoms with Crippen LogP contribution in [-0.2, 0) is 10.3 Å². The molecule has 98 valence electrons. The van der Waals surface area contributed by atoms with Gasteiger partial charge in [-0.15, -0.1) is 0 Å². The standard InChI is InChI=1S/C13H17NO4/c1-4-13(2,3)11-7-9(8-14-16)5-6-10(11)12(15)18-17/h5-8,16-17H,4H2,1-3H3. The van der Waals surface area contributed by atoms with Crippen LogP contribution in [0.2, 0.25) is 0 Å². The molecule has 0 unspecified atom stereocenters. The van der Waals surface area contributed by atoms with E-state index in [9.17, 15) is 4.79 Å². The van der Waals surface area contributed by atoms with E-state index in [4.69, 9.17) is 10.5 Å². The Labute approximate surface area is 106 Å². The van der Waals surface area contributed by atoms with Crippen LogP contribution in [0.5, 0.6) is 0 Å². The molecule has 5 nitrogen and oxygen atoms in total. The minimum atomic E-state index is -0.793. The lowest BCUT2D eigenvalue weighted by Gasteiger charge is -2.25. The van der Waals surface area contributed by atoms with Crippen molar-refractivity contribution in [3.63, 3.8) is 0 Å². The molecule has 0 aliphatic carbocycles. The van der Waals surface area contributed by atoms with Crippen molar-refractivity contribution in [1.82, 2.24) is 0 Å². The second-order valence-corrected chi connectivity index (χ2v) is 4.67. The molecule has 0 amide bonds. The Balaban J connectivity index is 3.40. The van der Waals surface area contributed by atoms with Gasteiger partial charge in [-0.1, -0.05) is 32.0 Å². The molecule has 0 aromatic heterocycles. The fourth-order valence-corrected chi connectivity index (χ4v) is 1.69. The van der Waals surface area contributed by atoms with Gasteiger partial charge in [0, 0.05) is 0 Å². The average molecular weight is 251 g/mol. The Hall–Kier alpha value is -1.88. The summed E-state index contributed by atoms with van der Waals surface area (Å²) in [6, 6.07) is 4.90. The minimum absolute atomic E-state index is 0.261. The second-order valence-electron chi connectivity index (χ2n) is 4.67. The Morgan fingerprint density at radius 1 is 1.50 bits per heavy atom. The van der Waals surface area contributed by atoms with Gasteiger partial charge < -0.3 is 5.21 Å². The van der Waals surface area contributed by atoms with Gasteiger partial charge in [0.15, 0.2) is 0 Å². The smallest absolute Gasteiger partial charge is 0.373 e. The summed E-state index contributed by atoms with van der Waals surface area (Å²) in [5.41, 5.74) is 1.45. The van der Waals surface area contributed by atoms with Crippen molar-refractivity contribution >= 4 is 12.2 Å². The Bertz CT molecular complexity index is 466. The zero-order valence-electron chi connectivity index (χ0n) is 10.7. The lowest BCUT2D eigenvalue weighted by atomic mass is 9.79. The molecule has 1 aromatic carbocycles. The molecule has 5 heteroatoms. The molecule has 0 heterocycles. The number of oxime groups is 1. The molecule has 0 fully saturated rings. The fourth-order valence-electron chi connectivity index (χ4n) is 1.69. The highest BCUT2D eigenvalue weighted by Crippen LogP contribution is 2.30. The molecular weight excluding hydrogens is 234 g/mol. The van der Waals surface area contributed by atoms with Crippen LogP contribution in [-0.4, -0.2) is 22.6 Å². The van der Waals surface area contributed by atoms with Gasteiger partial charge in [-0.2, -0.15) is 5.26 Å². The molecule has 0 spiro atoms. The molecule has 0 aliphatic heterocycles. The molecule has 2 N–H and O–H groups in total. The number of carbonyl (C=O) groups is 1. The maximum absolute atomic E-state index is 11.5. The van der Waals surface area contributed by atoms with Crippen LogP contribution in [0.3, 0.4) is 0 Å². The topological polar surface area (TPSA) is 79.1 Å². The van der Waals surface area contributed by atoms with Crippen molar-refractivity contribution < 1.29 is 20.1 Å². The molecule has 1 rings (SSSR count). The van der Waals surface area contributed by atoms with Gasteiger partial charge >= 0.3 is 5.97 Å². The van der Waals surface area contributed by atoms with E-state index in [1.807, 2.05) is 20.8 Å². The van der Waals surface area contributed by atoms with E-state index < -0.39 is 5.97 Å². The van der Waals surface area contributed by atoms with Gasteiger partial charge in [0.05, 0.1) is 11.8 Å². The average Bonchev–Trinajstić information content (AvgIpc) is 2.38. The van der Waals surface area contributed by atoms with E-state index in [1.54, 1.807) is 18.2 Å². The van der Waals surface area contributed by atoms with Crippen molar-refractivity contribution in [2.24, 2.45) is 5.16 Å². The van der Waals surface area contributed by atoms with Crippen molar-refractivity contribution in [1.29, 1.82) is 0 Å². The molecule has 0 aliphatic rings. The van der Waals surface area contributed by atoms with Crippen molar-refractivity contribution in [3.05, 3.63) is 34.9 Å². The third kappa shape index (κ3) is 2.87. The highest BCUT2D eigenvalue weighted by Gasteiger charge is 2.25. The summed E-state index contributed by atoms with van der Waals surface area (Å²) in [7, 11) is 0. The van der Waals surface area contributed by atoms with Gasteiger partial charge in [0.25, 0.3) is 0 Å². The molecule has 1 aromatic rings. The van der Waals surface area contributed by atoms with Crippen LogP contribution in [0, 0.1) is 0 Å². The van der Waals surface area contributed by atoms with Gasteiger partial charge in [-0.05, 0) is 35.1 Å². The Morgan fingerprint density at radius 2 is 2.17 bits per heavy atom. The largest absolute Gasteiger partial charge is 0.411 e. The molecule has 18 heavy (non-hydrogen) atoms. The monoisotopic (exact) mass is 251 g/mol. The highest BCUT2D eigenvalue weighted by molar-refractivity contribution is 5.92. The predicted octanol–water partition coefficient (Wildman–Crippen LogP) is 2.81. The van der Waals surface area contributed by atoms with Gasteiger partial charge in [-0.25, -0.2) is 4.79 Å². The van der Waals surface area contributed by atoms with E-state index >= 15 is 0 Å². The van der Waals surface area contributed by atoms with Crippen LogP contribution in [0.4, 0.5) is 0 Å². The normalized spacial score (nSPS) is 11.8. The number of rotatable bonds is 4. The van der Waals surface area contributed by atoms with Crippen LogP contribution < -0.4 is 0 Å². The Morgan fingerprint density at radius 3 is 2.67 bits per heavy atom. The van der Waals surface area contributed by atoms with Crippen molar-refractivity contribution in [2.45, 2.75) is 32.6 Å². The third-order valence-corrected chi connectivity index (χ3v) is 3.17. The third-order valence-electron chi connectivity index (χ3n) is 3.17. The number of nitrogens with zero attached hydrogens (tertiary/aromatic N) is 1. The first-order valence-corrected chi connectivity index (χ1v) is 5.64. The Kier molecular flexibility index (Phi) is 4.44. The molecular formula is C13H17NO4. The zero-order chi connectivity index (χ0) is 13.8. The summed E-state index contributed by atoms with van der Waals surface area (Å²) in [4.78, 5) is 15.3. The van der Waals surface area contributed by atoms with Gasteiger partial charge in [0.1, 0.15) is 0 Å². The molecule has 0 saturated heterocycles. The van der Waals surface area contributed by atoms with Crippen LogP contribution >= 0.6 is 0 Å². The highest BCUT2D eigenvalue weighted by atomic mass is 17.1. The zero-order valence-corrected chi connectivity index (χ0v) is 10.7. The minimum Gasteiger partial charge on any atom is -0.411 e. The van der Waals surface area contributed by atoms with E-state index in [2.05, 4.69) is 10.0 Å². The first-order chi connectivity index (χ1) is 8.46. The van der Waals surface area contributed by atoms with Crippen molar-refractivity contribution in [3.8, 4) is 0 Å². The molecule has 0 bridgehead atoms. The molecule has 0 atom stereocenters. The van der Waals surface area contributed by atoms with E-state index in [1.165, 1.54) is 6.21 Å². The summed E-state index contributed by atoms with van der Waals surface area (Å²) in [5.74, 6) is -0.793. The fraction of sp³-hybridized carbons (Fsp3) is 0.385. The number of hydrogen-bond donors (Lipinski definition) is 2. The van der Waals surface area contributed by atoms with Gasteiger partial charge in [-0.3, -0.25) is 4.89 Å². The molecule has 0 saturated carbocycles. The lowest BCUT2D eigenvalue weighted by molar-refractivity contribution is -0.182. The first-order valence-electron chi connectivity index (χ1n) is 5.64.